The van der Waals surface area contributed by atoms with Crippen molar-refractivity contribution in [2.75, 3.05) is 0 Å². The van der Waals surface area contributed by atoms with Crippen molar-refractivity contribution in [1.29, 1.82) is 5.26 Å². The first kappa shape index (κ1) is 9.07. The second-order valence-corrected chi connectivity index (χ2v) is 4.89. The smallest absolute Gasteiger partial charge is 0.112 e. The van der Waals surface area contributed by atoms with E-state index in [1.807, 2.05) is 24.5 Å². The molecule has 0 unspecified atom stereocenters. The minimum absolute atomic E-state index is 0.289. The minimum atomic E-state index is 0.289. The number of allylic oxidation sites excluding steroid dienone is 2. The van der Waals surface area contributed by atoms with Crippen molar-refractivity contribution in [2.24, 2.45) is 11.8 Å². The molecule has 0 aromatic heterocycles. The van der Waals surface area contributed by atoms with Crippen molar-refractivity contribution < 1.29 is 4.74 Å². The van der Waals surface area contributed by atoms with E-state index in [1.54, 1.807) is 0 Å². The number of nitriles is 1. The van der Waals surface area contributed by atoms with E-state index < -0.39 is 0 Å². The van der Waals surface area contributed by atoms with Crippen molar-refractivity contribution in [3.63, 3.8) is 0 Å². The van der Waals surface area contributed by atoms with Gasteiger partial charge in [-0.3, -0.25) is 0 Å². The molecule has 17 heavy (non-hydrogen) atoms. The van der Waals surface area contributed by atoms with Crippen molar-refractivity contribution in [3.8, 4) is 6.07 Å². The van der Waals surface area contributed by atoms with E-state index in [-0.39, 0.29) is 6.10 Å². The van der Waals surface area contributed by atoms with E-state index in [1.165, 1.54) is 5.56 Å². The predicted octanol–water partition coefficient (Wildman–Crippen LogP) is 2.85. The molecular formula is C15H11NO. The van der Waals surface area contributed by atoms with E-state index in [9.17, 15) is 5.26 Å². The first-order valence-electron chi connectivity index (χ1n) is 5.93. The molecule has 4 rings (SSSR count). The van der Waals surface area contributed by atoms with E-state index in [2.05, 4.69) is 24.3 Å². The van der Waals surface area contributed by atoms with Crippen molar-refractivity contribution in [3.05, 3.63) is 53.8 Å². The Labute approximate surface area is 99.8 Å². The van der Waals surface area contributed by atoms with E-state index in [4.69, 9.17) is 4.74 Å². The van der Waals surface area contributed by atoms with Gasteiger partial charge < -0.3 is 4.74 Å². The van der Waals surface area contributed by atoms with Gasteiger partial charge in [0.15, 0.2) is 0 Å². The van der Waals surface area contributed by atoms with Gasteiger partial charge in [-0.2, -0.15) is 5.26 Å². The Bertz CT molecular complexity index is 593. The van der Waals surface area contributed by atoms with Crippen LogP contribution in [0.2, 0.25) is 0 Å². The summed E-state index contributed by atoms with van der Waals surface area (Å²) in [5.41, 5.74) is 3.19. The maximum atomic E-state index is 9.24. The normalized spacial score (nSPS) is 35.6. The number of rotatable bonds is 0. The quantitative estimate of drug-likeness (QED) is 0.675. The Hall–Kier alpha value is -2.01. The van der Waals surface area contributed by atoms with Crippen LogP contribution in [0.25, 0.3) is 5.57 Å². The van der Waals surface area contributed by atoms with Crippen LogP contribution < -0.4 is 0 Å². The summed E-state index contributed by atoms with van der Waals surface area (Å²) in [6.07, 6.45) is 6.37. The zero-order chi connectivity index (χ0) is 11.4. The van der Waals surface area contributed by atoms with Gasteiger partial charge in [0.1, 0.15) is 6.10 Å². The van der Waals surface area contributed by atoms with Gasteiger partial charge in [0.05, 0.1) is 17.9 Å². The van der Waals surface area contributed by atoms with Crippen LogP contribution in [0.5, 0.6) is 0 Å². The van der Waals surface area contributed by atoms with Crippen LogP contribution in [-0.2, 0) is 4.74 Å². The maximum Gasteiger partial charge on any atom is 0.112 e. The molecule has 3 aliphatic rings. The highest BCUT2D eigenvalue weighted by atomic mass is 16.5. The molecule has 2 aliphatic carbocycles. The molecule has 1 aromatic carbocycles. The van der Waals surface area contributed by atoms with Crippen LogP contribution in [-0.4, -0.2) is 6.10 Å². The van der Waals surface area contributed by atoms with E-state index in [0.717, 1.165) is 11.1 Å². The van der Waals surface area contributed by atoms with Crippen molar-refractivity contribution in [2.45, 2.75) is 12.0 Å². The molecule has 1 aliphatic heterocycles. The molecule has 0 amide bonds. The molecule has 0 saturated heterocycles. The van der Waals surface area contributed by atoms with E-state index >= 15 is 0 Å². The fourth-order valence-electron chi connectivity index (χ4n) is 3.42. The van der Waals surface area contributed by atoms with Gasteiger partial charge in [-0.25, -0.2) is 0 Å². The predicted molar refractivity (Wildman–Crippen MR) is 63.8 cm³/mol. The lowest BCUT2D eigenvalue weighted by Gasteiger charge is -2.48. The molecule has 1 fully saturated rings. The second kappa shape index (κ2) is 3.01. The highest BCUT2D eigenvalue weighted by Crippen LogP contribution is 2.57. The summed E-state index contributed by atoms with van der Waals surface area (Å²) in [6, 6.07) is 10.5. The van der Waals surface area contributed by atoms with Crippen molar-refractivity contribution >= 4 is 5.57 Å². The number of ether oxygens (including phenoxy) is 1. The molecule has 4 atom stereocenters. The number of benzene rings is 1. The minimum Gasteiger partial charge on any atom is -0.497 e. The molecule has 2 heteroatoms. The summed E-state index contributed by atoms with van der Waals surface area (Å²) in [5.74, 6) is 1.35. The Balaban J connectivity index is 1.89. The summed E-state index contributed by atoms with van der Waals surface area (Å²) in [4.78, 5) is 0. The van der Waals surface area contributed by atoms with Crippen LogP contribution in [0.1, 0.15) is 17.0 Å². The molecule has 1 aromatic rings. The summed E-state index contributed by atoms with van der Waals surface area (Å²) in [7, 11) is 0. The summed E-state index contributed by atoms with van der Waals surface area (Å²) in [6.45, 7) is 0. The first-order valence-corrected chi connectivity index (χ1v) is 5.93. The number of fused-ring (bicyclic) bond motifs is 6. The average molecular weight is 221 g/mol. The molecule has 0 spiro atoms. The standard InChI is InChI=1S/C15H11NO/c16-8-9-7-13-12-5-6-17-15(12)14(13)11-4-2-1-3-10(9)11/h1-7,12-15H/t12-,13+,14+,15-/m1/s1. The van der Waals surface area contributed by atoms with Gasteiger partial charge in [-0.15, -0.1) is 0 Å². The van der Waals surface area contributed by atoms with Crippen LogP contribution in [0.15, 0.2) is 42.7 Å². The van der Waals surface area contributed by atoms with Crippen LogP contribution in [0.3, 0.4) is 0 Å². The number of hydrogen-bond donors (Lipinski definition) is 0. The number of nitrogens with zero attached hydrogens (tertiary/aromatic N) is 1. The van der Waals surface area contributed by atoms with Gasteiger partial charge in [0, 0.05) is 11.8 Å². The zero-order valence-electron chi connectivity index (χ0n) is 9.21. The first-order chi connectivity index (χ1) is 8.40. The summed E-state index contributed by atoms with van der Waals surface area (Å²) >= 11 is 0. The van der Waals surface area contributed by atoms with Gasteiger partial charge >= 0.3 is 0 Å². The Morgan fingerprint density at radius 2 is 2.06 bits per heavy atom. The SMILES string of the molecule is N#CC1=C[C@H]2[C@H]3C=CO[C@H]3[C@H]2c2ccccc21. The lowest BCUT2D eigenvalue weighted by Crippen LogP contribution is -2.47. The number of hydrogen-bond acceptors (Lipinski definition) is 2. The topological polar surface area (TPSA) is 33.0 Å². The highest BCUT2D eigenvalue weighted by Gasteiger charge is 2.54. The van der Waals surface area contributed by atoms with Crippen LogP contribution >= 0.6 is 0 Å². The zero-order valence-corrected chi connectivity index (χ0v) is 9.21. The highest BCUT2D eigenvalue weighted by molar-refractivity contribution is 5.81. The molecule has 0 bridgehead atoms. The van der Waals surface area contributed by atoms with Crippen LogP contribution in [0.4, 0.5) is 0 Å². The fourth-order valence-corrected chi connectivity index (χ4v) is 3.42. The molecule has 1 saturated carbocycles. The summed E-state index contributed by atoms with van der Waals surface area (Å²) in [5, 5.41) is 9.24. The lowest BCUT2D eigenvalue weighted by atomic mass is 9.57. The largest absolute Gasteiger partial charge is 0.497 e. The molecular weight excluding hydrogens is 210 g/mol. The van der Waals surface area contributed by atoms with Gasteiger partial charge in [0.25, 0.3) is 0 Å². The van der Waals surface area contributed by atoms with Crippen molar-refractivity contribution in [1.82, 2.24) is 0 Å². The summed E-state index contributed by atoms with van der Waals surface area (Å²) < 4.78 is 5.65. The maximum absolute atomic E-state index is 9.24. The molecule has 1 heterocycles. The Morgan fingerprint density at radius 3 is 2.94 bits per heavy atom. The molecule has 2 nitrogen and oxygen atoms in total. The molecule has 82 valence electrons. The third kappa shape index (κ3) is 0.994. The van der Waals surface area contributed by atoms with Gasteiger partial charge in [-0.1, -0.05) is 30.3 Å². The van der Waals surface area contributed by atoms with Gasteiger partial charge in [0.2, 0.25) is 0 Å². The average Bonchev–Trinajstić information content (AvgIpc) is 2.77. The third-order valence-corrected chi connectivity index (χ3v) is 4.22. The van der Waals surface area contributed by atoms with E-state index in [0.29, 0.717) is 17.8 Å². The fraction of sp³-hybridized carbons (Fsp3) is 0.267. The third-order valence-electron chi connectivity index (χ3n) is 4.22. The molecule has 0 N–H and O–H groups in total. The Kier molecular flexibility index (Phi) is 1.61. The second-order valence-electron chi connectivity index (χ2n) is 4.89. The molecule has 0 radical (unpaired) electrons. The Morgan fingerprint density at radius 1 is 1.18 bits per heavy atom. The monoisotopic (exact) mass is 221 g/mol. The lowest BCUT2D eigenvalue weighted by molar-refractivity contribution is -0.00192. The van der Waals surface area contributed by atoms with Gasteiger partial charge in [-0.05, 0) is 23.1 Å². The van der Waals surface area contributed by atoms with Crippen LogP contribution in [0, 0.1) is 23.2 Å².